The van der Waals surface area contributed by atoms with Gasteiger partial charge in [0.2, 0.25) is 0 Å². The van der Waals surface area contributed by atoms with Gasteiger partial charge in [-0.15, -0.1) is 10.2 Å². The molecule has 0 bridgehead atoms. The van der Waals surface area contributed by atoms with E-state index in [0.717, 1.165) is 12.1 Å². The van der Waals surface area contributed by atoms with Gasteiger partial charge in [-0.2, -0.15) is 4.37 Å². The Labute approximate surface area is 145 Å². The van der Waals surface area contributed by atoms with Crippen LogP contribution in [0.15, 0.2) is 18.2 Å². The number of hydrogen-bond acceptors (Lipinski definition) is 6. The topological polar surface area (TPSA) is 76.8 Å². The van der Waals surface area contributed by atoms with E-state index in [0.29, 0.717) is 35.6 Å². The molecule has 0 unspecified atom stereocenters. The molecule has 0 fully saturated rings. The molecule has 128 valence electrons. The van der Waals surface area contributed by atoms with E-state index in [1.54, 1.807) is 6.92 Å². The maximum Gasteiger partial charge on any atom is 0.254 e. The third-order valence-electron chi connectivity index (χ3n) is 3.93. The van der Waals surface area contributed by atoms with Gasteiger partial charge in [-0.3, -0.25) is 4.79 Å². The van der Waals surface area contributed by atoms with E-state index in [-0.39, 0.29) is 18.0 Å². The fourth-order valence-corrected chi connectivity index (χ4v) is 3.35. The molecule has 0 N–H and O–H groups in total. The van der Waals surface area contributed by atoms with Crippen LogP contribution in [0.25, 0.3) is 10.8 Å². The molecule has 0 saturated heterocycles. The Morgan fingerprint density at radius 2 is 2.04 bits per heavy atom. The number of fused-ring (bicyclic) bond motifs is 1. The Bertz CT molecular complexity index is 969. The number of carbonyl (C=O) groups excluding carboxylic acids is 1. The molecule has 0 spiro atoms. The molecule has 0 aliphatic carbocycles. The Morgan fingerprint density at radius 1 is 1.20 bits per heavy atom. The number of carbonyl (C=O) groups is 1. The molecule has 0 radical (unpaired) electrons. The Balaban J connectivity index is 1.58. The summed E-state index contributed by atoms with van der Waals surface area (Å²) in [5.74, 6) is -0.484. The summed E-state index contributed by atoms with van der Waals surface area (Å²) in [6.07, 6.45) is 0. The zero-order valence-corrected chi connectivity index (χ0v) is 13.9. The third-order valence-corrected chi connectivity index (χ3v) is 4.73. The molecule has 1 amide bonds. The van der Waals surface area contributed by atoms with Gasteiger partial charge < -0.3 is 9.47 Å². The van der Waals surface area contributed by atoms with Crippen molar-refractivity contribution >= 4 is 17.4 Å². The summed E-state index contributed by atoms with van der Waals surface area (Å²) in [5, 5.41) is 8.95. The molecule has 4 rings (SSSR count). The van der Waals surface area contributed by atoms with E-state index in [1.165, 1.54) is 22.5 Å². The number of nitrogens with zero attached hydrogens (tertiary/aromatic N) is 6. The molecular weight excluding hydrogens is 350 g/mol. The van der Waals surface area contributed by atoms with Gasteiger partial charge in [-0.1, -0.05) is 0 Å². The van der Waals surface area contributed by atoms with E-state index < -0.39 is 11.6 Å². The van der Waals surface area contributed by atoms with Gasteiger partial charge in [0.25, 0.3) is 5.91 Å². The summed E-state index contributed by atoms with van der Waals surface area (Å²) in [4.78, 5) is 18.4. The van der Waals surface area contributed by atoms with Crippen LogP contribution < -0.4 is 0 Å². The minimum absolute atomic E-state index is 0.104. The average Bonchev–Trinajstić information content (AvgIpc) is 3.22. The lowest BCUT2D eigenvalue weighted by Gasteiger charge is -2.27. The first-order valence-electron chi connectivity index (χ1n) is 7.50. The standard InChI is InChI=1S/C15H12F2N6OS/c1-8-18-14(25-21-8)13-20-19-12-7-22(4-5-23(12)13)15(24)9-2-3-10(16)11(17)6-9/h2-3,6H,4-5,7H2,1H3. The monoisotopic (exact) mass is 362 g/mol. The molecule has 10 heteroatoms. The van der Waals surface area contributed by atoms with Gasteiger partial charge in [0.1, 0.15) is 5.82 Å². The van der Waals surface area contributed by atoms with Crippen molar-refractivity contribution in [1.29, 1.82) is 0 Å². The zero-order chi connectivity index (χ0) is 17.6. The summed E-state index contributed by atoms with van der Waals surface area (Å²) < 4.78 is 32.4. The van der Waals surface area contributed by atoms with Crippen molar-refractivity contribution in [1.82, 2.24) is 29.0 Å². The molecule has 3 aromatic rings. The largest absolute Gasteiger partial charge is 0.329 e. The maximum atomic E-state index is 13.4. The lowest BCUT2D eigenvalue weighted by molar-refractivity contribution is 0.0707. The lowest BCUT2D eigenvalue weighted by atomic mass is 10.1. The van der Waals surface area contributed by atoms with E-state index >= 15 is 0 Å². The second kappa shape index (κ2) is 5.96. The van der Waals surface area contributed by atoms with Gasteiger partial charge in [-0.25, -0.2) is 13.8 Å². The minimum Gasteiger partial charge on any atom is -0.329 e. The minimum atomic E-state index is -1.04. The molecule has 2 aromatic heterocycles. The van der Waals surface area contributed by atoms with Crippen LogP contribution in [0, 0.1) is 18.6 Å². The summed E-state index contributed by atoms with van der Waals surface area (Å²) >= 11 is 1.24. The highest BCUT2D eigenvalue weighted by Crippen LogP contribution is 2.24. The molecule has 3 heterocycles. The molecule has 1 aliphatic heterocycles. The van der Waals surface area contributed by atoms with Crippen molar-refractivity contribution in [2.45, 2.75) is 20.0 Å². The van der Waals surface area contributed by atoms with Gasteiger partial charge >= 0.3 is 0 Å². The molecular formula is C15H12F2N6OS. The van der Waals surface area contributed by atoms with Crippen LogP contribution in [0.5, 0.6) is 0 Å². The van der Waals surface area contributed by atoms with Crippen molar-refractivity contribution in [3.05, 3.63) is 47.0 Å². The van der Waals surface area contributed by atoms with Crippen LogP contribution in [-0.2, 0) is 13.1 Å². The van der Waals surface area contributed by atoms with Crippen molar-refractivity contribution in [2.75, 3.05) is 6.54 Å². The molecule has 25 heavy (non-hydrogen) atoms. The second-order valence-electron chi connectivity index (χ2n) is 5.59. The summed E-state index contributed by atoms with van der Waals surface area (Å²) in [6.45, 7) is 2.94. The van der Waals surface area contributed by atoms with Gasteiger partial charge in [0, 0.05) is 18.7 Å². The predicted octanol–water partition coefficient (Wildman–Crippen LogP) is 2.04. The lowest BCUT2D eigenvalue weighted by Crippen LogP contribution is -2.38. The number of hydrogen-bond donors (Lipinski definition) is 0. The zero-order valence-electron chi connectivity index (χ0n) is 13.1. The van der Waals surface area contributed by atoms with Gasteiger partial charge in [-0.05, 0) is 36.7 Å². The fourth-order valence-electron chi connectivity index (χ4n) is 2.69. The number of aryl methyl sites for hydroxylation is 1. The number of amides is 1. The van der Waals surface area contributed by atoms with Crippen LogP contribution in [0.4, 0.5) is 8.78 Å². The van der Waals surface area contributed by atoms with Crippen molar-refractivity contribution in [3.63, 3.8) is 0 Å². The van der Waals surface area contributed by atoms with E-state index in [1.807, 2.05) is 4.57 Å². The van der Waals surface area contributed by atoms with Crippen LogP contribution in [0.3, 0.4) is 0 Å². The van der Waals surface area contributed by atoms with Crippen LogP contribution in [-0.4, -0.2) is 41.5 Å². The second-order valence-corrected chi connectivity index (χ2v) is 6.35. The van der Waals surface area contributed by atoms with Crippen LogP contribution >= 0.6 is 11.5 Å². The summed E-state index contributed by atoms with van der Waals surface area (Å²) in [6, 6.07) is 3.13. The summed E-state index contributed by atoms with van der Waals surface area (Å²) in [7, 11) is 0. The Morgan fingerprint density at radius 3 is 2.76 bits per heavy atom. The smallest absolute Gasteiger partial charge is 0.254 e. The van der Waals surface area contributed by atoms with Crippen molar-refractivity contribution < 1.29 is 13.6 Å². The average molecular weight is 362 g/mol. The first kappa shape index (κ1) is 15.8. The molecule has 0 atom stereocenters. The quantitative estimate of drug-likeness (QED) is 0.697. The first-order valence-corrected chi connectivity index (χ1v) is 8.27. The summed E-state index contributed by atoms with van der Waals surface area (Å²) in [5.41, 5.74) is 0.104. The third kappa shape index (κ3) is 2.78. The SMILES string of the molecule is Cc1nsc(-c2nnc3n2CCN(C(=O)c2ccc(F)c(F)c2)C3)n1. The van der Waals surface area contributed by atoms with Crippen molar-refractivity contribution in [2.24, 2.45) is 0 Å². The van der Waals surface area contributed by atoms with Gasteiger partial charge in [0.05, 0.1) is 6.54 Å². The number of benzene rings is 1. The highest BCUT2D eigenvalue weighted by atomic mass is 32.1. The molecule has 7 nitrogen and oxygen atoms in total. The number of aromatic nitrogens is 5. The normalized spacial score (nSPS) is 13.8. The number of halogens is 2. The molecule has 0 saturated carbocycles. The fraction of sp³-hybridized carbons (Fsp3) is 0.267. The van der Waals surface area contributed by atoms with E-state index in [9.17, 15) is 13.6 Å². The maximum absolute atomic E-state index is 13.4. The molecule has 1 aromatic carbocycles. The van der Waals surface area contributed by atoms with Gasteiger partial charge in [0.15, 0.2) is 28.3 Å². The van der Waals surface area contributed by atoms with Crippen molar-refractivity contribution in [3.8, 4) is 10.8 Å². The number of rotatable bonds is 2. The Kier molecular flexibility index (Phi) is 3.75. The highest BCUT2D eigenvalue weighted by molar-refractivity contribution is 7.09. The van der Waals surface area contributed by atoms with E-state index in [2.05, 4.69) is 19.6 Å². The van der Waals surface area contributed by atoms with Crippen LogP contribution in [0.1, 0.15) is 22.0 Å². The Hall–Kier alpha value is -2.75. The predicted molar refractivity (Wildman–Crippen MR) is 84.8 cm³/mol. The first-order chi connectivity index (χ1) is 12.0. The molecule has 1 aliphatic rings. The van der Waals surface area contributed by atoms with Crippen LogP contribution in [0.2, 0.25) is 0 Å². The van der Waals surface area contributed by atoms with E-state index in [4.69, 9.17) is 0 Å². The highest BCUT2D eigenvalue weighted by Gasteiger charge is 2.27.